The molecular formula is C15H34N2O2S. The fraction of sp³-hybridized carbons (Fsp3) is 1.00. The van der Waals surface area contributed by atoms with Crippen molar-refractivity contribution in [3.63, 3.8) is 0 Å². The van der Waals surface area contributed by atoms with E-state index in [-0.39, 0.29) is 5.75 Å². The molecule has 0 saturated carbocycles. The minimum absolute atomic E-state index is 0.232. The predicted molar refractivity (Wildman–Crippen MR) is 87.3 cm³/mol. The van der Waals surface area contributed by atoms with Gasteiger partial charge in [0.1, 0.15) is 0 Å². The molecule has 5 heteroatoms. The van der Waals surface area contributed by atoms with Crippen LogP contribution in [0.2, 0.25) is 0 Å². The molecule has 4 nitrogen and oxygen atoms in total. The number of hydrogen-bond donors (Lipinski definition) is 2. The summed E-state index contributed by atoms with van der Waals surface area (Å²) in [6.45, 7) is 14.2. The fourth-order valence-corrected chi connectivity index (χ4v) is 3.52. The maximum absolute atomic E-state index is 11.9. The van der Waals surface area contributed by atoms with Gasteiger partial charge in [-0.1, -0.05) is 41.5 Å². The molecule has 2 N–H and O–H groups in total. The molecule has 0 aliphatic rings. The lowest BCUT2D eigenvalue weighted by Gasteiger charge is -2.25. The van der Waals surface area contributed by atoms with E-state index in [9.17, 15) is 8.42 Å². The summed E-state index contributed by atoms with van der Waals surface area (Å²) in [5.41, 5.74) is 0. The molecule has 0 bridgehead atoms. The highest BCUT2D eigenvalue weighted by atomic mass is 32.2. The topological polar surface area (TPSA) is 58.2 Å². The quantitative estimate of drug-likeness (QED) is 0.577. The maximum atomic E-state index is 11.9. The summed E-state index contributed by atoms with van der Waals surface area (Å²) in [4.78, 5) is 0. The number of unbranched alkanes of at least 4 members (excludes halogenated alkanes) is 1. The van der Waals surface area contributed by atoms with E-state index in [2.05, 4.69) is 51.6 Å². The van der Waals surface area contributed by atoms with E-state index in [1.165, 1.54) is 0 Å². The van der Waals surface area contributed by atoms with Crippen molar-refractivity contribution in [1.82, 2.24) is 10.0 Å². The standard InChI is InChI=1S/C15H34N2O2S/c1-12(2)15(13(3)4)11-17-20(18,19)10-8-7-9-16-14(5)6/h12-17H,7-11H2,1-6H3. The van der Waals surface area contributed by atoms with E-state index in [0.717, 1.165) is 13.0 Å². The van der Waals surface area contributed by atoms with Crippen molar-refractivity contribution in [3.05, 3.63) is 0 Å². The van der Waals surface area contributed by atoms with Crippen LogP contribution in [0.25, 0.3) is 0 Å². The van der Waals surface area contributed by atoms with Crippen molar-refractivity contribution in [2.75, 3.05) is 18.8 Å². The zero-order chi connectivity index (χ0) is 15.8. The Morgan fingerprint density at radius 1 is 0.900 bits per heavy atom. The van der Waals surface area contributed by atoms with E-state index < -0.39 is 10.0 Å². The summed E-state index contributed by atoms with van der Waals surface area (Å²) in [6.07, 6.45) is 1.61. The van der Waals surface area contributed by atoms with Crippen LogP contribution in [0, 0.1) is 17.8 Å². The first-order chi connectivity index (χ1) is 9.15. The maximum Gasteiger partial charge on any atom is 0.211 e. The van der Waals surface area contributed by atoms with Crippen LogP contribution in [0.15, 0.2) is 0 Å². The average molecular weight is 307 g/mol. The van der Waals surface area contributed by atoms with Crippen molar-refractivity contribution >= 4 is 10.0 Å². The molecule has 0 aliphatic heterocycles. The first-order valence-electron chi connectivity index (χ1n) is 7.86. The Balaban J connectivity index is 4.00. The summed E-state index contributed by atoms with van der Waals surface area (Å²) in [7, 11) is -3.12. The smallest absolute Gasteiger partial charge is 0.211 e. The van der Waals surface area contributed by atoms with Crippen LogP contribution in [0.1, 0.15) is 54.4 Å². The third-order valence-electron chi connectivity index (χ3n) is 3.64. The van der Waals surface area contributed by atoms with Crippen LogP contribution in [0.5, 0.6) is 0 Å². The van der Waals surface area contributed by atoms with Gasteiger partial charge in [0.2, 0.25) is 10.0 Å². The molecule has 0 spiro atoms. The van der Waals surface area contributed by atoms with Gasteiger partial charge in [0, 0.05) is 12.6 Å². The van der Waals surface area contributed by atoms with Crippen molar-refractivity contribution in [1.29, 1.82) is 0 Å². The van der Waals surface area contributed by atoms with Crippen LogP contribution in [-0.4, -0.2) is 33.3 Å². The minimum atomic E-state index is -3.12. The van der Waals surface area contributed by atoms with Gasteiger partial charge in [-0.3, -0.25) is 0 Å². The molecule has 0 atom stereocenters. The lowest BCUT2D eigenvalue weighted by molar-refractivity contribution is 0.289. The molecule has 20 heavy (non-hydrogen) atoms. The average Bonchev–Trinajstić information content (AvgIpc) is 2.26. The van der Waals surface area contributed by atoms with E-state index in [4.69, 9.17) is 0 Å². The molecule has 0 radical (unpaired) electrons. The molecule has 0 saturated heterocycles. The molecule has 0 aromatic rings. The minimum Gasteiger partial charge on any atom is -0.315 e. The van der Waals surface area contributed by atoms with Crippen LogP contribution >= 0.6 is 0 Å². The van der Waals surface area contributed by atoms with Gasteiger partial charge in [0.05, 0.1) is 5.75 Å². The zero-order valence-electron chi connectivity index (χ0n) is 14.1. The van der Waals surface area contributed by atoms with E-state index in [1.54, 1.807) is 0 Å². The Kier molecular flexibility index (Phi) is 9.68. The highest BCUT2D eigenvalue weighted by Crippen LogP contribution is 2.19. The third-order valence-corrected chi connectivity index (χ3v) is 5.08. The van der Waals surface area contributed by atoms with E-state index in [0.29, 0.717) is 36.8 Å². The van der Waals surface area contributed by atoms with Crippen LogP contribution < -0.4 is 10.0 Å². The van der Waals surface area contributed by atoms with Gasteiger partial charge in [0.15, 0.2) is 0 Å². The molecule has 0 rings (SSSR count). The van der Waals surface area contributed by atoms with Gasteiger partial charge in [-0.25, -0.2) is 13.1 Å². The van der Waals surface area contributed by atoms with E-state index >= 15 is 0 Å². The second-order valence-electron chi connectivity index (χ2n) is 6.64. The third kappa shape index (κ3) is 9.72. The molecule has 0 unspecified atom stereocenters. The van der Waals surface area contributed by atoms with Gasteiger partial charge < -0.3 is 5.32 Å². The molecule has 0 amide bonds. The number of nitrogens with one attached hydrogen (secondary N) is 2. The summed E-state index contributed by atoms with van der Waals surface area (Å²) in [5, 5.41) is 3.30. The first-order valence-corrected chi connectivity index (χ1v) is 9.51. The van der Waals surface area contributed by atoms with Crippen molar-refractivity contribution in [3.8, 4) is 0 Å². The van der Waals surface area contributed by atoms with E-state index in [1.807, 2.05) is 0 Å². The van der Waals surface area contributed by atoms with Gasteiger partial charge in [-0.15, -0.1) is 0 Å². The number of sulfonamides is 1. The van der Waals surface area contributed by atoms with Gasteiger partial charge in [-0.05, 0) is 37.1 Å². The lowest BCUT2D eigenvalue weighted by Crippen LogP contribution is -2.35. The Hall–Kier alpha value is -0.130. The summed E-state index contributed by atoms with van der Waals surface area (Å²) in [5.74, 6) is 1.61. The van der Waals surface area contributed by atoms with Crippen LogP contribution in [0.4, 0.5) is 0 Å². The Morgan fingerprint density at radius 2 is 1.45 bits per heavy atom. The number of rotatable bonds is 11. The van der Waals surface area contributed by atoms with Crippen molar-refractivity contribution < 1.29 is 8.42 Å². The molecule has 0 aromatic heterocycles. The Bertz CT molecular complexity index is 330. The lowest BCUT2D eigenvalue weighted by atomic mass is 9.86. The largest absolute Gasteiger partial charge is 0.315 e. The normalized spacial score (nSPS) is 13.1. The molecule has 0 aromatic carbocycles. The second-order valence-corrected chi connectivity index (χ2v) is 8.56. The van der Waals surface area contributed by atoms with Crippen LogP contribution in [0.3, 0.4) is 0 Å². The Morgan fingerprint density at radius 3 is 1.90 bits per heavy atom. The Labute approximate surface area is 126 Å². The van der Waals surface area contributed by atoms with Crippen LogP contribution in [-0.2, 0) is 10.0 Å². The van der Waals surface area contributed by atoms with Gasteiger partial charge in [0.25, 0.3) is 0 Å². The molecule has 122 valence electrons. The summed E-state index contributed by atoms with van der Waals surface area (Å²) >= 11 is 0. The molecule has 0 fully saturated rings. The molecular weight excluding hydrogens is 272 g/mol. The van der Waals surface area contributed by atoms with Crippen molar-refractivity contribution in [2.24, 2.45) is 17.8 Å². The zero-order valence-corrected chi connectivity index (χ0v) is 14.9. The van der Waals surface area contributed by atoms with Gasteiger partial charge in [-0.2, -0.15) is 0 Å². The monoisotopic (exact) mass is 306 g/mol. The second kappa shape index (κ2) is 9.74. The number of hydrogen-bond acceptors (Lipinski definition) is 3. The molecule has 0 heterocycles. The fourth-order valence-electron chi connectivity index (χ4n) is 2.34. The highest BCUT2D eigenvalue weighted by molar-refractivity contribution is 7.89. The highest BCUT2D eigenvalue weighted by Gasteiger charge is 2.20. The summed E-state index contributed by atoms with van der Waals surface area (Å²) in [6, 6.07) is 0.461. The SMILES string of the molecule is CC(C)NCCCCS(=O)(=O)NCC(C(C)C)C(C)C. The summed E-state index contributed by atoms with van der Waals surface area (Å²) < 4.78 is 26.7. The first kappa shape index (κ1) is 19.9. The van der Waals surface area contributed by atoms with Gasteiger partial charge >= 0.3 is 0 Å². The predicted octanol–water partition coefficient (Wildman–Crippen LogP) is 2.61. The molecule has 0 aliphatic carbocycles. The van der Waals surface area contributed by atoms with Crippen molar-refractivity contribution in [2.45, 2.75) is 60.4 Å².